The Hall–Kier alpha value is -1.60. The van der Waals surface area contributed by atoms with E-state index in [1.165, 1.54) is 21.7 Å². The smallest absolute Gasteiger partial charge is 0.223 e. The number of carbonyl (C=O) groups is 1. The molecule has 0 spiro atoms. The van der Waals surface area contributed by atoms with Crippen LogP contribution in [0.3, 0.4) is 0 Å². The van der Waals surface area contributed by atoms with Gasteiger partial charge in [0.2, 0.25) is 15.9 Å². The largest absolute Gasteiger partial charge is 0.493 e. The Balaban J connectivity index is 1.50. The summed E-state index contributed by atoms with van der Waals surface area (Å²) in [5.74, 6) is 0.900. The van der Waals surface area contributed by atoms with Gasteiger partial charge in [0, 0.05) is 31.5 Å². The lowest BCUT2D eigenvalue weighted by Gasteiger charge is -2.30. The van der Waals surface area contributed by atoms with E-state index in [1.807, 2.05) is 13.0 Å². The van der Waals surface area contributed by atoms with Gasteiger partial charge in [0.25, 0.3) is 0 Å². The van der Waals surface area contributed by atoms with Crippen molar-refractivity contribution in [2.45, 2.75) is 38.6 Å². The van der Waals surface area contributed by atoms with E-state index in [0.29, 0.717) is 25.9 Å². The summed E-state index contributed by atoms with van der Waals surface area (Å²) in [7, 11) is -3.15. The summed E-state index contributed by atoms with van der Waals surface area (Å²) >= 11 is 0. The third kappa shape index (κ3) is 4.52. The molecule has 0 bridgehead atoms. The van der Waals surface area contributed by atoms with Crippen LogP contribution in [0.1, 0.15) is 30.9 Å². The number of amides is 1. The Morgan fingerprint density at radius 1 is 1.36 bits per heavy atom. The average Bonchev–Trinajstić information content (AvgIpc) is 3.01. The summed E-state index contributed by atoms with van der Waals surface area (Å²) in [5, 5.41) is 3.08. The SMILES string of the molecule is C[C@H](Cc1ccc2c(c1)CCO2)NC(=O)C1CCN(S(C)(=O)=O)CC1. The maximum absolute atomic E-state index is 12.4. The highest BCUT2D eigenvalue weighted by atomic mass is 32.2. The van der Waals surface area contributed by atoms with Crippen LogP contribution in [0.15, 0.2) is 18.2 Å². The third-order valence-corrected chi connectivity index (χ3v) is 6.28. The summed E-state index contributed by atoms with van der Waals surface area (Å²) in [6, 6.07) is 6.26. The molecule has 1 saturated heterocycles. The molecule has 2 heterocycles. The molecule has 2 aliphatic heterocycles. The van der Waals surface area contributed by atoms with Crippen LogP contribution in [0.25, 0.3) is 0 Å². The molecule has 2 aliphatic rings. The molecule has 0 aromatic heterocycles. The van der Waals surface area contributed by atoms with Gasteiger partial charge in [0.1, 0.15) is 5.75 Å². The average molecular weight is 366 g/mol. The van der Waals surface area contributed by atoms with Gasteiger partial charge in [-0.15, -0.1) is 0 Å². The third-order valence-electron chi connectivity index (χ3n) is 4.98. The molecule has 1 amide bonds. The normalized spacial score (nSPS) is 19.9. The lowest BCUT2D eigenvalue weighted by molar-refractivity contribution is -0.126. The maximum Gasteiger partial charge on any atom is 0.223 e. The molecule has 7 heteroatoms. The Kier molecular flexibility index (Phi) is 5.34. The van der Waals surface area contributed by atoms with Gasteiger partial charge in [-0.25, -0.2) is 12.7 Å². The minimum absolute atomic E-state index is 0.0325. The zero-order valence-corrected chi connectivity index (χ0v) is 15.6. The van der Waals surface area contributed by atoms with E-state index in [9.17, 15) is 13.2 Å². The van der Waals surface area contributed by atoms with Gasteiger partial charge in [0.05, 0.1) is 12.9 Å². The Bertz CT molecular complexity index is 739. The first-order valence-electron chi connectivity index (χ1n) is 8.83. The van der Waals surface area contributed by atoms with E-state index in [2.05, 4.69) is 17.4 Å². The van der Waals surface area contributed by atoms with Gasteiger partial charge in [-0.05, 0) is 43.4 Å². The number of carbonyl (C=O) groups excluding carboxylic acids is 1. The summed E-state index contributed by atoms with van der Waals surface area (Å²) in [4.78, 5) is 12.4. The van der Waals surface area contributed by atoms with E-state index in [4.69, 9.17) is 4.74 Å². The lowest BCUT2D eigenvalue weighted by atomic mass is 9.96. The predicted octanol–water partition coefficient (Wildman–Crippen LogP) is 1.34. The number of rotatable bonds is 5. The zero-order chi connectivity index (χ0) is 18.0. The van der Waals surface area contributed by atoms with Crippen molar-refractivity contribution in [1.29, 1.82) is 0 Å². The van der Waals surface area contributed by atoms with Crippen molar-refractivity contribution in [1.82, 2.24) is 9.62 Å². The minimum atomic E-state index is -3.15. The molecule has 0 saturated carbocycles. The van der Waals surface area contributed by atoms with Crippen molar-refractivity contribution in [2.24, 2.45) is 5.92 Å². The molecule has 1 aromatic carbocycles. The van der Waals surface area contributed by atoms with Crippen LogP contribution in [-0.2, 0) is 27.7 Å². The molecule has 138 valence electrons. The standard InChI is InChI=1S/C18H26N2O4S/c1-13(11-14-3-4-17-16(12-14)7-10-24-17)19-18(21)15-5-8-20(9-6-15)25(2,22)23/h3-4,12-13,15H,5-11H2,1-2H3,(H,19,21)/t13-/m1/s1. The van der Waals surface area contributed by atoms with Crippen molar-refractivity contribution in [3.63, 3.8) is 0 Å². The molecular formula is C18H26N2O4S. The van der Waals surface area contributed by atoms with E-state index in [1.54, 1.807) is 0 Å². The van der Waals surface area contributed by atoms with Crippen molar-refractivity contribution < 1.29 is 17.9 Å². The zero-order valence-electron chi connectivity index (χ0n) is 14.8. The van der Waals surface area contributed by atoms with Gasteiger partial charge in [0.15, 0.2) is 0 Å². The molecule has 3 rings (SSSR count). The summed E-state index contributed by atoms with van der Waals surface area (Å²) in [6.45, 7) is 3.61. The van der Waals surface area contributed by atoms with Crippen molar-refractivity contribution in [3.8, 4) is 5.75 Å². The molecular weight excluding hydrogens is 340 g/mol. The molecule has 1 atom stereocenters. The summed E-state index contributed by atoms with van der Waals surface area (Å²) in [6.07, 6.45) is 4.12. The van der Waals surface area contributed by atoms with E-state index in [0.717, 1.165) is 25.2 Å². The van der Waals surface area contributed by atoms with Crippen LogP contribution < -0.4 is 10.1 Å². The van der Waals surface area contributed by atoms with Crippen molar-refractivity contribution >= 4 is 15.9 Å². The first kappa shape index (κ1) is 18.2. The number of nitrogens with one attached hydrogen (secondary N) is 1. The van der Waals surface area contributed by atoms with Crippen LogP contribution in [0.5, 0.6) is 5.75 Å². The molecule has 0 radical (unpaired) electrons. The lowest BCUT2D eigenvalue weighted by Crippen LogP contribution is -2.44. The van der Waals surface area contributed by atoms with Crippen molar-refractivity contribution in [2.75, 3.05) is 26.0 Å². The Morgan fingerprint density at radius 3 is 2.76 bits per heavy atom. The Morgan fingerprint density at radius 2 is 2.08 bits per heavy atom. The number of ether oxygens (including phenoxy) is 1. The number of hydrogen-bond donors (Lipinski definition) is 1. The first-order valence-corrected chi connectivity index (χ1v) is 10.7. The predicted molar refractivity (Wildman–Crippen MR) is 96.1 cm³/mol. The van der Waals surface area contributed by atoms with Gasteiger partial charge in [-0.2, -0.15) is 0 Å². The van der Waals surface area contributed by atoms with Gasteiger partial charge < -0.3 is 10.1 Å². The molecule has 6 nitrogen and oxygen atoms in total. The fraction of sp³-hybridized carbons (Fsp3) is 0.611. The second kappa shape index (κ2) is 7.33. The van der Waals surface area contributed by atoms with E-state index >= 15 is 0 Å². The van der Waals surface area contributed by atoms with Gasteiger partial charge in [-0.1, -0.05) is 12.1 Å². The topological polar surface area (TPSA) is 75.7 Å². The number of benzene rings is 1. The number of hydrogen-bond acceptors (Lipinski definition) is 4. The highest BCUT2D eigenvalue weighted by molar-refractivity contribution is 7.88. The van der Waals surface area contributed by atoms with Crippen LogP contribution >= 0.6 is 0 Å². The Labute approximate surface area is 149 Å². The van der Waals surface area contributed by atoms with Gasteiger partial charge in [-0.3, -0.25) is 4.79 Å². The molecule has 1 aromatic rings. The second-order valence-electron chi connectivity index (χ2n) is 7.09. The molecule has 0 unspecified atom stereocenters. The fourth-order valence-corrected chi connectivity index (χ4v) is 4.46. The van der Waals surface area contributed by atoms with Crippen LogP contribution in [0.2, 0.25) is 0 Å². The highest BCUT2D eigenvalue weighted by Gasteiger charge is 2.29. The quantitative estimate of drug-likeness (QED) is 0.853. The van der Waals surface area contributed by atoms with Crippen LogP contribution in [0, 0.1) is 5.92 Å². The summed E-state index contributed by atoms with van der Waals surface area (Å²) in [5.41, 5.74) is 2.44. The fourth-order valence-electron chi connectivity index (χ4n) is 3.58. The van der Waals surface area contributed by atoms with E-state index in [-0.39, 0.29) is 17.9 Å². The molecule has 1 fully saturated rings. The summed E-state index contributed by atoms with van der Waals surface area (Å²) < 4.78 is 30.1. The number of sulfonamides is 1. The molecule has 1 N–H and O–H groups in total. The van der Waals surface area contributed by atoms with Crippen LogP contribution in [0.4, 0.5) is 0 Å². The number of fused-ring (bicyclic) bond motifs is 1. The highest BCUT2D eigenvalue weighted by Crippen LogP contribution is 2.26. The van der Waals surface area contributed by atoms with Crippen molar-refractivity contribution in [3.05, 3.63) is 29.3 Å². The maximum atomic E-state index is 12.4. The minimum Gasteiger partial charge on any atom is -0.493 e. The first-order chi connectivity index (χ1) is 11.8. The van der Waals surface area contributed by atoms with Gasteiger partial charge >= 0.3 is 0 Å². The number of nitrogens with zero attached hydrogens (tertiary/aromatic N) is 1. The monoisotopic (exact) mass is 366 g/mol. The molecule has 25 heavy (non-hydrogen) atoms. The second-order valence-corrected chi connectivity index (χ2v) is 9.07. The number of piperidine rings is 1. The molecule has 0 aliphatic carbocycles. The van der Waals surface area contributed by atoms with E-state index < -0.39 is 10.0 Å². The van der Waals surface area contributed by atoms with Crippen LogP contribution in [-0.4, -0.2) is 50.6 Å².